The minimum Gasteiger partial charge on any atom is -0.304 e. The summed E-state index contributed by atoms with van der Waals surface area (Å²) in [4.78, 5) is 0. The molecule has 0 radical (unpaired) electrons. The molecule has 16 heavy (non-hydrogen) atoms. The molecule has 0 aliphatic rings. The van der Waals surface area contributed by atoms with Gasteiger partial charge in [-0.05, 0) is 32.1 Å². The van der Waals surface area contributed by atoms with Crippen LogP contribution in [0.15, 0.2) is 24.4 Å². The normalized spacial score (nSPS) is 12.1. The molecular formula is C10H12F3N3. The lowest BCUT2D eigenvalue weighted by atomic mass is 10.4. The molecule has 3 nitrogen and oxygen atoms in total. The molecule has 0 aliphatic heterocycles. The van der Waals surface area contributed by atoms with Gasteiger partial charge in [-0.25, -0.2) is 0 Å². The van der Waals surface area contributed by atoms with E-state index in [-0.39, 0.29) is 5.84 Å². The minimum absolute atomic E-state index is 0.0169. The topological polar surface area (TPSA) is 40.8 Å². The summed E-state index contributed by atoms with van der Waals surface area (Å²) in [5, 5.41) is 8.82. The molecule has 2 N–H and O–H groups in total. The van der Waals surface area contributed by atoms with Gasteiger partial charge in [0.25, 0.3) is 0 Å². The molecule has 0 fully saturated rings. The van der Waals surface area contributed by atoms with E-state index in [1.807, 2.05) is 0 Å². The van der Waals surface area contributed by atoms with Gasteiger partial charge in [-0.15, -0.1) is 0 Å². The molecule has 0 bridgehead atoms. The van der Waals surface area contributed by atoms with Crippen LogP contribution in [0.1, 0.15) is 11.4 Å². The van der Waals surface area contributed by atoms with Gasteiger partial charge in [0.15, 0.2) is 0 Å². The van der Waals surface area contributed by atoms with Crippen LogP contribution in [-0.2, 0) is 0 Å². The highest BCUT2D eigenvalue weighted by Crippen LogP contribution is 2.10. The number of rotatable bonds is 2. The van der Waals surface area contributed by atoms with Crippen LogP contribution < -0.4 is 5.32 Å². The highest BCUT2D eigenvalue weighted by atomic mass is 19.4. The van der Waals surface area contributed by atoms with Gasteiger partial charge in [0.05, 0.1) is 0 Å². The predicted octanol–water partition coefficient (Wildman–Crippen LogP) is 2.55. The zero-order valence-electron chi connectivity index (χ0n) is 8.89. The van der Waals surface area contributed by atoms with Gasteiger partial charge < -0.3 is 9.88 Å². The van der Waals surface area contributed by atoms with Crippen LogP contribution in [0.3, 0.4) is 0 Å². The first-order chi connectivity index (χ1) is 7.31. The van der Waals surface area contributed by atoms with Crippen molar-refractivity contribution in [1.29, 1.82) is 5.41 Å². The molecule has 1 aromatic rings. The molecule has 0 aliphatic carbocycles. The fourth-order valence-corrected chi connectivity index (χ4v) is 1.34. The fraction of sp³-hybridized carbons (Fsp3) is 0.300. The molecule has 0 atom stereocenters. The number of nitrogens with zero attached hydrogens (tertiary/aromatic N) is 1. The second-order valence-electron chi connectivity index (χ2n) is 3.31. The zero-order chi connectivity index (χ0) is 12.3. The predicted molar refractivity (Wildman–Crippen MR) is 55.4 cm³/mol. The zero-order valence-corrected chi connectivity index (χ0v) is 8.89. The molecule has 0 amide bonds. The molecule has 0 aromatic carbocycles. The van der Waals surface area contributed by atoms with Crippen molar-refractivity contribution < 1.29 is 13.2 Å². The summed E-state index contributed by atoms with van der Waals surface area (Å²) in [6, 6.07) is 3.60. The maximum atomic E-state index is 11.8. The van der Waals surface area contributed by atoms with E-state index >= 15 is 0 Å². The monoisotopic (exact) mass is 231 g/mol. The van der Waals surface area contributed by atoms with Crippen molar-refractivity contribution >= 4 is 5.84 Å². The largest absolute Gasteiger partial charge is 0.481 e. The van der Waals surface area contributed by atoms with E-state index in [0.717, 1.165) is 17.5 Å². The Morgan fingerprint density at radius 3 is 2.25 bits per heavy atom. The van der Waals surface area contributed by atoms with Crippen LogP contribution in [0, 0.1) is 19.3 Å². The van der Waals surface area contributed by atoms with Crippen molar-refractivity contribution in [1.82, 2.24) is 9.88 Å². The van der Waals surface area contributed by atoms with Gasteiger partial charge in [0, 0.05) is 17.6 Å². The Balaban J connectivity index is 2.74. The number of allylic oxidation sites excluding steroid dienone is 1. The third-order valence-electron chi connectivity index (χ3n) is 2.00. The van der Waals surface area contributed by atoms with Crippen molar-refractivity contribution in [3.05, 3.63) is 35.8 Å². The molecule has 88 valence electrons. The lowest BCUT2D eigenvalue weighted by Gasteiger charge is -2.08. The number of halogens is 3. The molecule has 0 saturated heterocycles. The van der Waals surface area contributed by atoms with Gasteiger partial charge in [0.2, 0.25) is 0 Å². The molecule has 1 heterocycles. The van der Waals surface area contributed by atoms with Gasteiger partial charge in [0.1, 0.15) is 5.84 Å². The smallest absolute Gasteiger partial charge is 0.304 e. The van der Waals surface area contributed by atoms with Gasteiger partial charge in [-0.3, -0.25) is 5.41 Å². The summed E-state index contributed by atoms with van der Waals surface area (Å²) in [5.41, 5.74) is 1.61. The minimum atomic E-state index is -4.46. The average molecular weight is 231 g/mol. The van der Waals surface area contributed by atoms with Gasteiger partial charge >= 0.3 is 6.30 Å². The van der Waals surface area contributed by atoms with Crippen LogP contribution >= 0.6 is 0 Å². The number of hydrogen-bond donors (Lipinski definition) is 2. The summed E-state index contributed by atoms with van der Waals surface area (Å²) >= 11 is 0. The fourth-order valence-electron chi connectivity index (χ4n) is 1.34. The summed E-state index contributed by atoms with van der Waals surface area (Å²) in [5.74, 6) is -0.0169. The molecule has 0 spiro atoms. The third-order valence-corrected chi connectivity index (χ3v) is 2.00. The van der Waals surface area contributed by atoms with Crippen molar-refractivity contribution in [2.45, 2.75) is 20.1 Å². The number of nitrogens with one attached hydrogen (secondary N) is 2. The SMILES string of the molecule is Cc1ccc(C)n1C(=N)/C=C\NC(F)(F)F. The first kappa shape index (κ1) is 12.4. The molecule has 1 aromatic heterocycles. The molecular weight excluding hydrogens is 219 g/mol. The lowest BCUT2D eigenvalue weighted by Crippen LogP contribution is -2.26. The Morgan fingerprint density at radius 1 is 1.31 bits per heavy atom. The van der Waals surface area contributed by atoms with E-state index in [1.54, 1.807) is 30.5 Å². The van der Waals surface area contributed by atoms with Gasteiger partial charge in [-0.2, -0.15) is 13.2 Å². The van der Waals surface area contributed by atoms with Crippen LogP contribution in [0.2, 0.25) is 0 Å². The lowest BCUT2D eigenvalue weighted by molar-refractivity contribution is -0.146. The maximum Gasteiger partial charge on any atom is 0.481 e. The second kappa shape index (κ2) is 4.42. The van der Waals surface area contributed by atoms with E-state index in [4.69, 9.17) is 5.41 Å². The Labute approximate surface area is 91.1 Å². The molecule has 6 heteroatoms. The van der Waals surface area contributed by atoms with Crippen LogP contribution in [0.25, 0.3) is 0 Å². The highest BCUT2D eigenvalue weighted by molar-refractivity contribution is 5.93. The second-order valence-corrected chi connectivity index (χ2v) is 3.31. The van der Waals surface area contributed by atoms with E-state index in [1.165, 1.54) is 5.32 Å². The third kappa shape index (κ3) is 3.15. The standard InChI is InChI=1S/C10H12F3N3/c1-7-3-4-8(2)16(7)9(14)5-6-15-10(11,12)13/h3-6,14-15H,1-2H3/b6-5-,14-9?. The Bertz CT molecular complexity index is 396. The quantitative estimate of drug-likeness (QED) is 0.458. The van der Waals surface area contributed by atoms with Crippen LogP contribution in [-0.4, -0.2) is 16.7 Å². The molecule has 0 unspecified atom stereocenters. The van der Waals surface area contributed by atoms with Crippen LogP contribution in [0.4, 0.5) is 13.2 Å². The highest BCUT2D eigenvalue weighted by Gasteiger charge is 2.24. The Hall–Kier alpha value is -1.72. The van der Waals surface area contributed by atoms with E-state index in [0.29, 0.717) is 6.20 Å². The average Bonchev–Trinajstić information content (AvgIpc) is 2.43. The van der Waals surface area contributed by atoms with Crippen LogP contribution in [0.5, 0.6) is 0 Å². The van der Waals surface area contributed by atoms with Crippen molar-refractivity contribution in [3.63, 3.8) is 0 Å². The number of alkyl halides is 3. The summed E-state index contributed by atoms with van der Waals surface area (Å²) in [6.07, 6.45) is -2.69. The van der Waals surface area contributed by atoms with E-state index in [2.05, 4.69) is 0 Å². The molecule has 0 saturated carbocycles. The Morgan fingerprint density at radius 2 is 1.81 bits per heavy atom. The number of aryl methyl sites for hydroxylation is 2. The van der Waals surface area contributed by atoms with Crippen molar-refractivity contribution in [2.24, 2.45) is 0 Å². The molecule has 1 rings (SSSR count). The summed E-state index contributed by atoms with van der Waals surface area (Å²) in [6.45, 7) is 3.57. The summed E-state index contributed by atoms with van der Waals surface area (Å²) in [7, 11) is 0. The van der Waals surface area contributed by atoms with E-state index < -0.39 is 6.30 Å². The van der Waals surface area contributed by atoms with Crippen molar-refractivity contribution in [3.8, 4) is 0 Å². The van der Waals surface area contributed by atoms with Gasteiger partial charge in [-0.1, -0.05) is 0 Å². The number of hydrogen-bond acceptors (Lipinski definition) is 2. The number of aromatic nitrogens is 1. The Kier molecular flexibility index (Phi) is 3.41. The van der Waals surface area contributed by atoms with Crippen molar-refractivity contribution in [2.75, 3.05) is 0 Å². The van der Waals surface area contributed by atoms with E-state index in [9.17, 15) is 13.2 Å². The first-order valence-electron chi connectivity index (χ1n) is 4.56. The maximum absolute atomic E-state index is 11.8. The first-order valence-corrected chi connectivity index (χ1v) is 4.56. The summed E-state index contributed by atoms with van der Waals surface area (Å²) < 4.78 is 36.9.